The Kier molecular flexibility index (Phi) is 6.77. The Hall–Kier alpha value is -2.90. The van der Waals surface area contributed by atoms with Crippen molar-refractivity contribution in [1.29, 1.82) is 0 Å². The first-order chi connectivity index (χ1) is 15.4. The molecule has 2 aromatic heterocycles. The van der Waals surface area contributed by atoms with Gasteiger partial charge in [0.05, 0.1) is 5.56 Å². The highest BCUT2D eigenvalue weighted by Crippen LogP contribution is 2.21. The Balaban J connectivity index is 1.47. The van der Waals surface area contributed by atoms with Crippen LogP contribution in [0, 0.1) is 0 Å². The standard InChI is InChI=1S/C24H28ClN5O2/c1-16(2)29-12-9-19(10-13-29)28-24(32)21-14-30(23-20(21)4-3-11-26-23)15-22(31)27-18-7-5-17(25)6-8-18/h3-8,11,14,16,19H,9-10,12-13,15H2,1-2H3,(H,27,31)(H,28,32). The topological polar surface area (TPSA) is 79.3 Å². The molecule has 2 amide bonds. The van der Waals surface area contributed by atoms with Gasteiger partial charge in [-0.3, -0.25) is 9.59 Å². The number of benzene rings is 1. The number of likely N-dealkylation sites (tertiary alicyclic amines) is 1. The largest absolute Gasteiger partial charge is 0.349 e. The van der Waals surface area contributed by atoms with Crippen LogP contribution in [0.1, 0.15) is 37.0 Å². The number of aromatic nitrogens is 2. The van der Waals surface area contributed by atoms with Crippen molar-refractivity contribution in [1.82, 2.24) is 19.8 Å². The van der Waals surface area contributed by atoms with E-state index in [1.54, 1.807) is 47.3 Å². The maximum Gasteiger partial charge on any atom is 0.253 e. The van der Waals surface area contributed by atoms with Gasteiger partial charge in [0.25, 0.3) is 5.91 Å². The number of hydrogen-bond acceptors (Lipinski definition) is 4. The molecule has 4 rings (SSSR count). The Bertz CT molecular complexity index is 1100. The highest BCUT2D eigenvalue weighted by Gasteiger charge is 2.24. The number of hydrogen-bond donors (Lipinski definition) is 2. The van der Waals surface area contributed by atoms with Gasteiger partial charge in [0.1, 0.15) is 12.2 Å². The summed E-state index contributed by atoms with van der Waals surface area (Å²) in [5.41, 5.74) is 1.81. The van der Waals surface area contributed by atoms with Gasteiger partial charge in [0.2, 0.25) is 5.91 Å². The van der Waals surface area contributed by atoms with Crippen molar-refractivity contribution in [2.75, 3.05) is 18.4 Å². The lowest BCUT2D eigenvalue weighted by Crippen LogP contribution is -2.46. The molecule has 3 heterocycles. The Morgan fingerprint density at radius 3 is 2.56 bits per heavy atom. The van der Waals surface area contributed by atoms with Crippen LogP contribution in [0.2, 0.25) is 5.02 Å². The van der Waals surface area contributed by atoms with E-state index in [1.165, 1.54) is 0 Å². The van der Waals surface area contributed by atoms with Crippen LogP contribution in [-0.2, 0) is 11.3 Å². The van der Waals surface area contributed by atoms with E-state index < -0.39 is 0 Å². The first-order valence-corrected chi connectivity index (χ1v) is 11.3. The molecular weight excluding hydrogens is 426 g/mol. The minimum absolute atomic E-state index is 0.0518. The molecule has 0 aliphatic carbocycles. The van der Waals surface area contributed by atoms with E-state index in [0.717, 1.165) is 31.3 Å². The molecule has 7 nitrogen and oxygen atoms in total. The molecule has 0 radical (unpaired) electrons. The first-order valence-electron chi connectivity index (χ1n) is 10.9. The maximum atomic E-state index is 13.1. The zero-order valence-electron chi connectivity index (χ0n) is 18.3. The number of carbonyl (C=O) groups excluding carboxylic acids is 2. The molecule has 1 aromatic carbocycles. The molecule has 32 heavy (non-hydrogen) atoms. The summed E-state index contributed by atoms with van der Waals surface area (Å²) >= 11 is 5.90. The van der Waals surface area contributed by atoms with Gasteiger partial charge in [-0.25, -0.2) is 4.98 Å². The lowest BCUT2D eigenvalue weighted by Gasteiger charge is -2.34. The zero-order valence-corrected chi connectivity index (χ0v) is 19.1. The predicted octanol–water partition coefficient (Wildman–Crippen LogP) is 3.93. The Morgan fingerprint density at radius 2 is 1.88 bits per heavy atom. The van der Waals surface area contributed by atoms with E-state index in [-0.39, 0.29) is 24.4 Å². The van der Waals surface area contributed by atoms with Crippen LogP contribution in [0.5, 0.6) is 0 Å². The summed E-state index contributed by atoms with van der Waals surface area (Å²) in [6.07, 6.45) is 5.26. The van der Waals surface area contributed by atoms with E-state index >= 15 is 0 Å². The van der Waals surface area contributed by atoms with Gasteiger partial charge < -0.3 is 20.1 Å². The highest BCUT2D eigenvalue weighted by atomic mass is 35.5. The molecule has 2 N–H and O–H groups in total. The van der Waals surface area contributed by atoms with Crippen LogP contribution in [0.3, 0.4) is 0 Å². The Labute approximate surface area is 192 Å². The van der Waals surface area contributed by atoms with Crippen LogP contribution < -0.4 is 10.6 Å². The van der Waals surface area contributed by atoms with Gasteiger partial charge in [-0.05, 0) is 63.1 Å². The zero-order chi connectivity index (χ0) is 22.7. The van der Waals surface area contributed by atoms with Crippen molar-refractivity contribution in [3.63, 3.8) is 0 Å². The molecule has 0 bridgehead atoms. The fourth-order valence-electron chi connectivity index (χ4n) is 4.14. The molecule has 0 unspecified atom stereocenters. The SMILES string of the molecule is CC(C)N1CCC(NC(=O)c2cn(CC(=O)Nc3ccc(Cl)cc3)c3ncccc23)CC1. The van der Waals surface area contributed by atoms with Crippen LogP contribution >= 0.6 is 11.6 Å². The van der Waals surface area contributed by atoms with E-state index in [0.29, 0.717) is 28.0 Å². The van der Waals surface area contributed by atoms with E-state index in [4.69, 9.17) is 11.6 Å². The number of rotatable bonds is 6. The number of carbonyl (C=O) groups is 2. The molecule has 8 heteroatoms. The minimum atomic E-state index is -0.206. The second kappa shape index (κ2) is 9.71. The molecule has 3 aromatic rings. The average molecular weight is 454 g/mol. The van der Waals surface area contributed by atoms with Gasteiger partial charge in [-0.2, -0.15) is 0 Å². The maximum absolute atomic E-state index is 13.1. The summed E-state index contributed by atoms with van der Waals surface area (Å²) in [7, 11) is 0. The fraction of sp³-hybridized carbons (Fsp3) is 0.375. The molecular formula is C24H28ClN5O2. The first kappa shape index (κ1) is 22.3. The molecule has 168 valence electrons. The molecule has 0 spiro atoms. The number of anilines is 1. The Morgan fingerprint density at radius 1 is 1.16 bits per heavy atom. The number of fused-ring (bicyclic) bond motifs is 1. The molecule has 1 saturated heterocycles. The number of nitrogens with zero attached hydrogens (tertiary/aromatic N) is 3. The summed E-state index contributed by atoms with van der Waals surface area (Å²) in [6.45, 7) is 6.41. The summed E-state index contributed by atoms with van der Waals surface area (Å²) in [5.74, 6) is -0.328. The van der Waals surface area contributed by atoms with Crippen LogP contribution in [0.4, 0.5) is 5.69 Å². The van der Waals surface area contributed by atoms with E-state index in [9.17, 15) is 9.59 Å². The third-order valence-electron chi connectivity index (χ3n) is 5.92. The van der Waals surface area contributed by atoms with Crippen LogP contribution in [-0.4, -0.2) is 51.4 Å². The second-order valence-electron chi connectivity index (χ2n) is 8.48. The number of nitrogens with one attached hydrogen (secondary N) is 2. The summed E-state index contributed by atoms with van der Waals surface area (Å²) in [6, 6.07) is 11.3. The third-order valence-corrected chi connectivity index (χ3v) is 6.17. The number of pyridine rings is 1. The van der Waals surface area contributed by atoms with E-state index in [2.05, 4.69) is 34.4 Å². The van der Waals surface area contributed by atoms with Crippen LogP contribution in [0.25, 0.3) is 11.0 Å². The van der Waals surface area contributed by atoms with Crippen LogP contribution in [0.15, 0.2) is 48.8 Å². The monoisotopic (exact) mass is 453 g/mol. The molecule has 1 aliphatic rings. The van der Waals surface area contributed by atoms with Crippen molar-refractivity contribution in [3.8, 4) is 0 Å². The highest BCUT2D eigenvalue weighted by molar-refractivity contribution is 6.30. The molecule has 0 atom stereocenters. The minimum Gasteiger partial charge on any atom is -0.349 e. The lowest BCUT2D eigenvalue weighted by atomic mass is 10.0. The predicted molar refractivity (Wildman–Crippen MR) is 127 cm³/mol. The van der Waals surface area contributed by atoms with Gasteiger partial charge in [-0.15, -0.1) is 0 Å². The van der Waals surface area contributed by atoms with Gasteiger partial charge in [0.15, 0.2) is 0 Å². The average Bonchev–Trinajstić information content (AvgIpc) is 3.14. The van der Waals surface area contributed by atoms with Gasteiger partial charge >= 0.3 is 0 Å². The summed E-state index contributed by atoms with van der Waals surface area (Å²) in [4.78, 5) is 32.5. The molecule has 0 saturated carbocycles. The van der Waals surface area contributed by atoms with Crippen molar-refractivity contribution < 1.29 is 9.59 Å². The second-order valence-corrected chi connectivity index (χ2v) is 8.91. The fourth-order valence-corrected chi connectivity index (χ4v) is 4.26. The molecule has 1 aliphatic heterocycles. The summed E-state index contributed by atoms with van der Waals surface area (Å²) < 4.78 is 1.72. The van der Waals surface area contributed by atoms with Crippen molar-refractivity contribution in [2.45, 2.75) is 45.3 Å². The smallest absolute Gasteiger partial charge is 0.253 e. The number of piperidine rings is 1. The lowest BCUT2D eigenvalue weighted by molar-refractivity contribution is -0.116. The van der Waals surface area contributed by atoms with Crippen molar-refractivity contribution in [2.24, 2.45) is 0 Å². The van der Waals surface area contributed by atoms with Gasteiger partial charge in [0, 0.05) is 53.7 Å². The van der Waals surface area contributed by atoms with Crippen molar-refractivity contribution >= 4 is 40.1 Å². The van der Waals surface area contributed by atoms with E-state index in [1.807, 2.05) is 6.07 Å². The number of halogens is 1. The normalized spacial score (nSPS) is 15.2. The quantitative estimate of drug-likeness (QED) is 0.592. The summed E-state index contributed by atoms with van der Waals surface area (Å²) in [5, 5.41) is 7.37. The van der Waals surface area contributed by atoms with Gasteiger partial charge in [-0.1, -0.05) is 11.6 Å². The van der Waals surface area contributed by atoms with Crippen molar-refractivity contribution in [3.05, 3.63) is 59.4 Å². The third kappa shape index (κ3) is 5.11. The number of amides is 2. The molecule has 1 fully saturated rings.